The van der Waals surface area contributed by atoms with Gasteiger partial charge in [-0.3, -0.25) is 14.9 Å². The topological polar surface area (TPSA) is 78.7 Å². The summed E-state index contributed by atoms with van der Waals surface area (Å²) < 4.78 is 9.89. The van der Waals surface area contributed by atoms with Crippen LogP contribution in [0.25, 0.3) is 0 Å². The molecule has 1 aromatic rings. The van der Waals surface area contributed by atoms with Crippen molar-refractivity contribution in [1.82, 2.24) is 0 Å². The Hall–Kier alpha value is -1.82. The number of hydrogen-bond acceptors (Lipinski definition) is 5. The molecular formula is C13H16ClNO5. The first-order valence-electron chi connectivity index (χ1n) is 6.18. The average Bonchev–Trinajstić information content (AvgIpc) is 2.43. The Bertz CT molecular complexity index is 478. The van der Waals surface area contributed by atoms with Gasteiger partial charge in [-0.2, -0.15) is 0 Å². The number of methoxy groups -OCH3 is 1. The first-order valence-corrected chi connectivity index (χ1v) is 6.56. The number of rotatable bonds is 8. The van der Waals surface area contributed by atoms with E-state index in [1.807, 2.05) is 0 Å². The van der Waals surface area contributed by atoms with Gasteiger partial charge in [0.25, 0.3) is 0 Å². The normalized spacial score (nSPS) is 10.1. The summed E-state index contributed by atoms with van der Waals surface area (Å²) in [5.41, 5.74) is -0.146. The van der Waals surface area contributed by atoms with Crippen LogP contribution >= 0.6 is 11.6 Å². The van der Waals surface area contributed by atoms with Gasteiger partial charge in [-0.1, -0.05) is 11.6 Å². The SMILES string of the molecule is COC(=O)CCCCCOc1ccc(Cl)cc1[N+](=O)[O-]. The summed E-state index contributed by atoms with van der Waals surface area (Å²) in [5, 5.41) is 11.1. The Morgan fingerprint density at radius 3 is 2.75 bits per heavy atom. The summed E-state index contributed by atoms with van der Waals surface area (Å²) in [4.78, 5) is 21.2. The van der Waals surface area contributed by atoms with Gasteiger partial charge in [0.05, 0.1) is 18.6 Å². The van der Waals surface area contributed by atoms with Crippen LogP contribution in [0.2, 0.25) is 5.02 Å². The van der Waals surface area contributed by atoms with Crippen molar-refractivity contribution in [1.29, 1.82) is 0 Å². The minimum absolute atomic E-state index is 0.146. The number of esters is 1. The van der Waals surface area contributed by atoms with E-state index in [0.29, 0.717) is 30.9 Å². The van der Waals surface area contributed by atoms with Gasteiger partial charge < -0.3 is 9.47 Å². The molecule has 0 aromatic heterocycles. The van der Waals surface area contributed by atoms with Crippen molar-refractivity contribution in [2.24, 2.45) is 0 Å². The van der Waals surface area contributed by atoms with Crippen LogP contribution in [0.4, 0.5) is 5.69 Å². The molecular weight excluding hydrogens is 286 g/mol. The lowest BCUT2D eigenvalue weighted by Crippen LogP contribution is -2.02. The van der Waals surface area contributed by atoms with Gasteiger partial charge in [-0.15, -0.1) is 0 Å². The van der Waals surface area contributed by atoms with E-state index in [9.17, 15) is 14.9 Å². The van der Waals surface area contributed by atoms with E-state index < -0.39 is 4.92 Å². The minimum atomic E-state index is -0.529. The first-order chi connectivity index (χ1) is 9.54. The maximum absolute atomic E-state index is 10.9. The van der Waals surface area contributed by atoms with Gasteiger partial charge in [0.1, 0.15) is 0 Å². The summed E-state index contributed by atoms with van der Waals surface area (Å²) >= 11 is 5.70. The summed E-state index contributed by atoms with van der Waals surface area (Å²) in [6.45, 7) is 0.351. The van der Waals surface area contributed by atoms with Gasteiger partial charge in [-0.05, 0) is 31.4 Å². The monoisotopic (exact) mass is 301 g/mol. The van der Waals surface area contributed by atoms with Crippen molar-refractivity contribution in [3.8, 4) is 5.75 Å². The number of nitro benzene ring substituents is 1. The molecule has 1 aromatic carbocycles. The van der Waals surface area contributed by atoms with E-state index in [1.54, 1.807) is 6.07 Å². The first kappa shape index (κ1) is 16.2. The van der Waals surface area contributed by atoms with Gasteiger partial charge in [-0.25, -0.2) is 0 Å². The van der Waals surface area contributed by atoms with E-state index in [0.717, 1.165) is 6.42 Å². The molecule has 0 spiro atoms. The van der Waals surface area contributed by atoms with Crippen molar-refractivity contribution >= 4 is 23.3 Å². The number of ether oxygens (including phenoxy) is 2. The van der Waals surface area contributed by atoms with E-state index in [2.05, 4.69) is 4.74 Å². The van der Waals surface area contributed by atoms with Crippen LogP contribution in [0, 0.1) is 10.1 Å². The highest BCUT2D eigenvalue weighted by atomic mass is 35.5. The molecule has 0 fully saturated rings. The predicted molar refractivity (Wildman–Crippen MR) is 74.1 cm³/mol. The Morgan fingerprint density at radius 1 is 1.35 bits per heavy atom. The molecule has 0 atom stereocenters. The lowest BCUT2D eigenvalue weighted by Gasteiger charge is -2.06. The van der Waals surface area contributed by atoms with Crippen LogP contribution in [0.3, 0.4) is 0 Å². The number of carbonyl (C=O) groups is 1. The fourth-order valence-corrected chi connectivity index (χ4v) is 1.75. The van der Waals surface area contributed by atoms with Crippen molar-refractivity contribution in [3.63, 3.8) is 0 Å². The highest BCUT2D eigenvalue weighted by molar-refractivity contribution is 6.30. The van der Waals surface area contributed by atoms with Crippen molar-refractivity contribution in [2.75, 3.05) is 13.7 Å². The largest absolute Gasteiger partial charge is 0.487 e. The second-order valence-electron chi connectivity index (χ2n) is 4.10. The Kier molecular flexibility index (Phi) is 6.79. The molecule has 0 aliphatic heterocycles. The summed E-state index contributed by atoms with van der Waals surface area (Å²) in [5.74, 6) is -0.0355. The highest BCUT2D eigenvalue weighted by Crippen LogP contribution is 2.29. The Balaban J connectivity index is 2.35. The number of halogens is 1. The fraction of sp³-hybridized carbons (Fsp3) is 0.462. The van der Waals surface area contributed by atoms with E-state index in [1.165, 1.54) is 19.2 Å². The molecule has 7 heteroatoms. The molecule has 0 aliphatic rings. The molecule has 6 nitrogen and oxygen atoms in total. The smallest absolute Gasteiger partial charge is 0.312 e. The number of carbonyl (C=O) groups excluding carboxylic acids is 1. The Labute approximate surface area is 121 Å². The third-order valence-electron chi connectivity index (χ3n) is 2.63. The number of benzene rings is 1. The molecule has 0 saturated heterocycles. The molecule has 0 unspecified atom stereocenters. The third kappa shape index (κ3) is 5.44. The zero-order valence-electron chi connectivity index (χ0n) is 11.1. The number of hydrogen-bond donors (Lipinski definition) is 0. The second kappa shape index (κ2) is 8.37. The van der Waals surface area contributed by atoms with Crippen LogP contribution in [-0.4, -0.2) is 24.6 Å². The molecule has 0 N–H and O–H groups in total. The maximum Gasteiger partial charge on any atom is 0.312 e. The molecule has 0 saturated carbocycles. The fourth-order valence-electron chi connectivity index (χ4n) is 1.59. The van der Waals surface area contributed by atoms with Gasteiger partial charge >= 0.3 is 11.7 Å². The standard InChI is InChI=1S/C13H16ClNO5/c1-19-13(16)5-3-2-4-8-20-12-7-6-10(14)9-11(12)15(17)18/h6-7,9H,2-5,8H2,1H3. The summed E-state index contributed by atoms with van der Waals surface area (Å²) in [6.07, 6.45) is 2.57. The predicted octanol–water partition coefficient (Wildman–Crippen LogP) is 3.36. The van der Waals surface area contributed by atoms with Crippen molar-refractivity contribution in [3.05, 3.63) is 33.3 Å². The molecule has 0 heterocycles. The zero-order valence-corrected chi connectivity index (χ0v) is 11.9. The van der Waals surface area contributed by atoms with E-state index >= 15 is 0 Å². The van der Waals surface area contributed by atoms with Crippen molar-refractivity contribution in [2.45, 2.75) is 25.7 Å². The van der Waals surface area contributed by atoms with E-state index in [-0.39, 0.29) is 17.4 Å². The lowest BCUT2D eigenvalue weighted by molar-refractivity contribution is -0.385. The van der Waals surface area contributed by atoms with Crippen LogP contribution in [0.1, 0.15) is 25.7 Å². The van der Waals surface area contributed by atoms with Crippen molar-refractivity contribution < 1.29 is 19.2 Å². The van der Waals surface area contributed by atoms with E-state index in [4.69, 9.17) is 16.3 Å². The van der Waals surface area contributed by atoms with Gasteiger partial charge in [0, 0.05) is 17.5 Å². The van der Waals surface area contributed by atoms with Crippen LogP contribution in [-0.2, 0) is 9.53 Å². The van der Waals surface area contributed by atoms with Gasteiger partial charge in [0.15, 0.2) is 5.75 Å². The van der Waals surface area contributed by atoms with Gasteiger partial charge in [0.2, 0.25) is 0 Å². The molecule has 0 bridgehead atoms. The maximum atomic E-state index is 10.9. The summed E-state index contributed by atoms with van der Waals surface area (Å²) in [7, 11) is 1.35. The molecule has 20 heavy (non-hydrogen) atoms. The average molecular weight is 302 g/mol. The number of nitrogens with zero attached hydrogens (tertiary/aromatic N) is 1. The third-order valence-corrected chi connectivity index (χ3v) is 2.86. The quantitative estimate of drug-likeness (QED) is 0.318. The summed E-state index contributed by atoms with van der Waals surface area (Å²) in [6, 6.07) is 4.28. The van der Waals surface area contributed by atoms with Crippen LogP contribution < -0.4 is 4.74 Å². The number of nitro groups is 1. The molecule has 0 aliphatic carbocycles. The second-order valence-corrected chi connectivity index (χ2v) is 4.54. The zero-order chi connectivity index (χ0) is 15.0. The molecule has 0 radical (unpaired) electrons. The molecule has 1 rings (SSSR count). The lowest BCUT2D eigenvalue weighted by atomic mass is 10.2. The molecule has 110 valence electrons. The van der Waals surface area contributed by atoms with Crippen LogP contribution in [0.15, 0.2) is 18.2 Å². The minimum Gasteiger partial charge on any atom is -0.487 e. The molecule has 0 amide bonds. The number of unbranched alkanes of at least 4 members (excludes halogenated alkanes) is 2. The highest BCUT2D eigenvalue weighted by Gasteiger charge is 2.15. The van der Waals surface area contributed by atoms with Crippen LogP contribution in [0.5, 0.6) is 5.75 Å². The Morgan fingerprint density at radius 2 is 2.10 bits per heavy atom.